The number of ether oxygens (including phenoxy) is 3. The van der Waals surface area contributed by atoms with Crippen LogP contribution in [0.4, 0.5) is 4.79 Å². The summed E-state index contributed by atoms with van der Waals surface area (Å²) in [5, 5.41) is 28.7. The van der Waals surface area contributed by atoms with Crippen LogP contribution >= 0.6 is 0 Å². The highest BCUT2D eigenvalue weighted by molar-refractivity contribution is 5.92. The van der Waals surface area contributed by atoms with Gasteiger partial charge in [0.05, 0.1) is 44.8 Å². The zero-order valence-electron chi connectivity index (χ0n) is 44.4. The molecule has 404 valence electrons. The summed E-state index contributed by atoms with van der Waals surface area (Å²) < 4.78 is 17.7. The van der Waals surface area contributed by atoms with Crippen molar-refractivity contribution >= 4 is 35.6 Å². The fourth-order valence-corrected chi connectivity index (χ4v) is 8.00. The van der Waals surface area contributed by atoms with Crippen LogP contribution in [0.5, 0.6) is 11.5 Å². The highest BCUT2D eigenvalue weighted by atomic mass is 16.6. The number of amides is 6. The number of aliphatic hydroxyl groups excluding tert-OH is 1. The first-order valence-electron chi connectivity index (χ1n) is 25.8. The Hall–Kier alpha value is -6.95. The Morgan fingerprint density at radius 1 is 0.635 bits per heavy atom. The van der Waals surface area contributed by atoms with Gasteiger partial charge in [-0.2, -0.15) is 0 Å². The minimum Gasteiger partial charge on any atom is -0.497 e. The molecule has 0 unspecified atom stereocenters. The molecule has 1 heterocycles. The molecule has 18 nitrogen and oxygen atoms in total. The molecule has 3 aromatic carbocycles. The topological polar surface area (TPSA) is 240 Å². The second kappa shape index (κ2) is 31.6. The zero-order valence-corrected chi connectivity index (χ0v) is 44.4. The summed E-state index contributed by atoms with van der Waals surface area (Å²) in [6.07, 6.45) is 6.07. The van der Waals surface area contributed by atoms with Gasteiger partial charge in [0.25, 0.3) is 0 Å². The van der Waals surface area contributed by atoms with Gasteiger partial charge in [-0.1, -0.05) is 81.3 Å². The predicted octanol–water partition coefficient (Wildman–Crippen LogP) is 6.06. The lowest BCUT2D eigenvalue weighted by Crippen LogP contribution is -2.57. The molecule has 0 aliphatic carbocycles. The number of methoxy groups -OCH3 is 2. The first-order valence-corrected chi connectivity index (χ1v) is 25.8. The van der Waals surface area contributed by atoms with Gasteiger partial charge >= 0.3 is 6.09 Å². The van der Waals surface area contributed by atoms with E-state index in [0.717, 1.165) is 22.4 Å². The second-order valence-corrected chi connectivity index (χ2v) is 20.0. The van der Waals surface area contributed by atoms with E-state index in [4.69, 9.17) is 14.2 Å². The summed E-state index contributed by atoms with van der Waals surface area (Å²) in [4.78, 5) is 84.5. The largest absolute Gasteiger partial charge is 0.497 e. The van der Waals surface area contributed by atoms with Crippen molar-refractivity contribution in [1.29, 1.82) is 0 Å². The Kier molecular flexibility index (Phi) is 25.5. The summed E-state index contributed by atoms with van der Waals surface area (Å²) in [5.41, 5.74) is 2.66. The fourth-order valence-electron chi connectivity index (χ4n) is 8.00. The number of carbonyl (C=O) groups is 6. The van der Waals surface area contributed by atoms with Crippen LogP contribution < -0.4 is 41.4 Å². The summed E-state index contributed by atoms with van der Waals surface area (Å²) in [7, 11) is 3.15. The van der Waals surface area contributed by atoms with Crippen LogP contribution in [0.2, 0.25) is 0 Å². The van der Waals surface area contributed by atoms with Crippen molar-refractivity contribution in [2.24, 2.45) is 5.92 Å². The Labute approximate surface area is 436 Å². The van der Waals surface area contributed by atoms with E-state index in [0.29, 0.717) is 89.0 Å². The molecule has 0 radical (unpaired) electrons. The van der Waals surface area contributed by atoms with E-state index >= 15 is 0 Å². The monoisotopic (exact) mass is 1020 g/mol. The highest BCUT2D eigenvalue weighted by Gasteiger charge is 2.32. The van der Waals surface area contributed by atoms with Gasteiger partial charge in [-0.3, -0.25) is 24.0 Å². The van der Waals surface area contributed by atoms with Crippen molar-refractivity contribution in [2.45, 2.75) is 155 Å². The SMILES string of the molecule is COc1ccc(CNC(=O)CCCCCNC(=O)C[C@H](O)[C@H](CC(C)C)NC(=O)[C@H](Cc2cn(Cc3ccccc3)cn2)NC(=O)[C@H](Cc2ccc(OC)cc2)NC(=O)CCCCCNC(=O)OC(C)(C)C)cc1. The normalized spacial score (nSPS) is 12.9. The van der Waals surface area contributed by atoms with Gasteiger partial charge in [0, 0.05) is 58.1 Å². The van der Waals surface area contributed by atoms with Crippen molar-refractivity contribution in [1.82, 2.24) is 41.5 Å². The lowest BCUT2D eigenvalue weighted by molar-refractivity contribution is -0.133. The lowest BCUT2D eigenvalue weighted by Gasteiger charge is -2.29. The number of hydrogen-bond acceptors (Lipinski definition) is 11. The molecule has 6 amide bonds. The predicted molar refractivity (Wildman–Crippen MR) is 283 cm³/mol. The molecular formula is C56H80N8O10. The van der Waals surface area contributed by atoms with Crippen molar-refractivity contribution in [3.8, 4) is 11.5 Å². The van der Waals surface area contributed by atoms with Gasteiger partial charge in [-0.25, -0.2) is 9.78 Å². The standard InChI is InChI=1S/C56H80N8O10/c1-39(2)31-46(49(65)34-52(68)57-29-15-9-13-19-50(66)59-35-41-23-27-45(73-7)28-24-41)62-54(70)48(33-43-37-64(38-60-43)36-42-17-11-8-12-18-42)63-53(69)47(32-40-21-25-44(72-6)26-22-40)61-51(67)20-14-10-16-30-58-55(71)74-56(3,4)5/h8,11-12,17-18,21-28,37-39,46-49,65H,9-10,13-16,19-20,29-36H2,1-7H3,(H,57,68)(H,58,71)(H,59,66)(H,61,67)(H,62,70)(H,63,69)/t46-,47-,48-,49-/m0/s1. The number of nitrogens with zero attached hydrogens (tertiary/aromatic N) is 2. The number of rotatable bonds is 32. The fraction of sp³-hybridized carbons (Fsp3) is 0.518. The first kappa shape index (κ1) is 59.6. The van der Waals surface area contributed by atoms with Gasteiger partial charge < -0.3 is 55.8 Å². The molecule has 4 rings (SSSR count). The van der Waals surface area contributed by atoms with Crippen LogP contribution in [0.15, 0.2) is 91.4 Å². The molecule has 0 fully saturated rings. The van der Waals surface area contributed by atoms with Crippen LogP contribution in [-0.4, -0.2) is 107 Å². The quantitative estimate of drug-likeness (QED) is 0.0277. The third kappa shape index (κ3) is 23.7. The lowest BCUT2D eigenvalue weighted by atomic mass is 9.96. The van der Waals surface area contributed by atoms with E-state index in [2.05, 4.69) is 36.9 Å². The number of aliphatic hydroxyl groups is 1. The van der Waals surface area contributed by atoms with Gasteiger partial charge in [0.2, 0.25) is 29.5 Å². The van der Waals surface area contributed by atoms with Crippen molar-refractivity contribution in [3.05, 3.63) is 114 Å². The molecule has 0 saturated heterocycles. The van der Waals surface area contributed by atoms with Crippen LogP contribution in [0.25, 0.3) is 0 Å². The Bertz CT molecular complexity index is 2330. The average Bonchev–Trinajstić information content (AvgIpc) is 3.80. The van der Waals surface area contributed by atoms with Gasteiger partial charge in [0.1, 0.15) is 29.2 Å². The minimum atomic E-state index is -1.26. The molecule has 0 aliphatic rings. The number of alkyl carbamates (subject to hydrolysis) is 1. The molecule has 4 atom stereocenters. The summed E-state index contributed by atoms with van der Waals surface area (Å²) in [6, 6.07) is 21.3. The van der Waals surface area contributed by atoms with E-state index < -0.39 is 47.7 Å². The number of imidazole rings is 1. The van der Waals surface area contributed by atoms with Crippen LogP contribution in [0.1, 0.15) is 121 Å². The maximum Gasteiger partial charge on any atom is 0.407 e. The first-order chi connectivity index (χ1) is 35.4. The summed E-state index contributed by atoms with van der Waals surface area (Å²) in [6.45, 7) is 10.9. The molecule has 0 spiro atoms. The van der Waals surface area contributed by atoms with E-state index in [1.165, 1.54) is 0 Å². The third-order valence-corrected chi connectivity index (χ3v) is 11.9. The van der Waals surface area contributed by atoms with Gasteiger partial charge in [-0.15, -0.1) is 0 Å². The number of benzene rings is 3. The van der Waals surface area contributed by atoms with E-state index in [1.807, 2.05) is 79.2 Å². The van der Waals surface area contributed by atoms with Gasteiger partial charge in [-0.05, 0) is 99.7 Å². The molecule has 18 heteroatoms. The van der Waals surface area contributed by atoms with E-state index in [-0.39, 0.29) is 49.3 Å². The Morgan fingerprint density at radius 2 is 1.22 bits per heavy atom. The molecule has 1 aromatic heterocycles. The van der Waals surface area contributed by atoms with Crippen molar-refractivity contribution < 1.29 is 48.1 Å². The number of aromatic nitrogens is 2. The minimum absolute atomic E-state index is 0.0125. The summed E-state index contributed by atoms with van der Waals surface area (Å²) in [5.74, 6) is -0.623. The average molecular weight is 1030 g/mol. The van der Waals surface area contributed by atoms with Crippen LogP contribution in [0, 0.1) is 5.92 Å². The second-order valence-electron chi connectivity index (χ2n) is 20.0. The molecule has 4 aromatic rings. The van der Waals surface area contributed by atoms with Gasteiger partial charge in [0.15, 0.2) is 0 Å². The molecular weight excluding hydrogens is 945 g/mol. The highest BCUT2D eigenvalue weighted by Crippen LogP contribution is 2.17. The smallest absolute Gasteiger partial charge is 0.407 e. The molecule has 0 aliphatic heterocycles. The third-order valence-electron chi connectivity index (χ3n) is 11.9. The van der Waals surface area contributed by atoms with E-state index in [9.17, 15) is 33.9 Å². The summed E-state index contributed by atoms with van der Waals surface area (Å²) >= 11 is 0. The maximum absolute atomic E-state index is 14.5. The molecule has 74 heavy (non-hydrogen) atoms. The number of unbranched alkanes of at least 4 members (excludes halogenated alkanes) is 4. The molecule has 7 N–H and O–H groups in total. The van der Waals surface area contributed by atoms with Crippen molar-refractivity contribution in [2.75, 3.05) is 27.3 Å². The van der Waals surface area contributed by atoms with E-state index in [1.54, 1.807) is 65.6 Å². The van der Waals surface area contributed by atoms with Crippen molar-refractivity contribution in [3.63, 3.8) is 0 Å². The number of nitrogens with one attached hydrogen (secondary N) is 6. The number of carbonyl (C=O) groups excluding carboxylic acids is 6. The number of hydrogen-bond donors (Lipinski definition) is 7. The van der Waals surface area contributed by atoms with Crippen LogP contribution in [-0.2, 0) is 54.6 Å². The maximum atomic E-state index is 14.5. The zero-order chi connectivity index (χ0) is 53.9. The Morgan fingerprint density at radius 3 is 1.82 bits per heavy atom. The van der Waals surface area contributed by atoms with Crippen LogP contribution in [0.3, 0.4) is 0 Å². The Balaban J connectivity index is 1.40. The molecule has 0 saturated carbocycles. The molecule has 0 bridgehead atoms.